The van der Waals surface area contributed by atoms with Crippen LogP contribution in [0.4, 0.5) is 0 Å². The molecular weight excluding hydrogens is 338 g/mol. The van der Waals surface area contributed by atoms with Gasteiger partial charge in [-0.25, -0.2) is 16.8 Å². The van der Waals surface area contributed by atoms with E-state index in [0.29, 0.717) is 6.54 Å². The standard InChI is InChI=1S/C15H23NO5S2/c1-4-7-16-12-9-22(17,18)10-15(12)23(19,20)14-8-11(2)5-6-13(14)21-3/h5-6,8,12,15-16H,4,7,9-10H2,1-3H3/t12-,15+/m0/s1. The molecule has 8 heteroatoms. The lowest BCUT2D eigenvalue weighted by Crippen LogP contribution is -2.43. The van der Waals surface area contributed by atoms with E-state index in [-0.39, 0.29) is 22.2 Å². The predicted octanol–water partition coefficient (Wildman–Crippen LogP) is 0.943. The predicted molar refractivity (Wildman–Crippen MR) is 89.4 cm³/mol. The van der Waals surface area contributed by atoms with Gasteiger partial charge in [-0.3, -0.25) is 0 Å². The van der Waals surface area contributed by atoms with Crippen molar-refractivity contribution in [2.75, 3.05) is 25.2 Å². The summed E-state index contributed by atoms with van der Waals surface area (Å²) in [6.45, 7) is 4.32. The molecule has 0 aliphatic carbocycles. The van der Waals surface area contributed by atoms with Crippen LogP contribution in [0.5, 0.6) is 5.75 Å². The van der Waals surface area contributed by atoms with Crippen LogP contribution in [0.25, 0.3) is 0 Å². The van der Waals surface area contributed by atoms with E-state index in [0.717, 1.165) is 12.0 Å². The minimum atomic E-state index is -3.82. The summed E-state index contributed by atoms with van der Waals surface area (Å²) >= 11 is 0. The molecule has 2 atom stereocenters. The number of sulfone groups is 2. The number of hydrogen-bond donors (Lipinski definition) is 1. The maximum atomic E-state index is 13.0. The van der Waals surface area contributed by atoms with Crippen molar-refractivity contribution in [1.82, 2.24) is 5.32 Å². The highest BCUT2D eigenvalue weighted by Crippen LogP contribution is 2.32. The number of hydrogen-bond acceptors (Lipinski definition) is 6. The van der Waals surface area contributed by atoms with Gasteiger partial charge in [-0.05, 0) is 37.6 Å². The molecule has 0 spiro atoms. The average molecular weight is 361 g/mol. The molecule has 1 aliphatic heterocycles. The van der Waals surface area contributed by atoms with Gasteiger partial charge in [0.2, 0.25) is 0 Å². The van der Waals surface area contributed by atoms with E-state index < -0.39 is 31.0 Å². The molecule has 1 heterocycles. The molecule has 0 saturated carbocycles. The third kappa shape index (κ3) is 3.87. The first kappa shape index (κ1) is 18.2. The molecule has 0 bridgehead atoms. The number of nitrogens with one attached hydrogen (secondary N) is 1. The Balaban J connectivity index is 2.47. The van der Waals surface area contributed by atoms with Gasteiger partial charge in [-0.1, -0.05) is 13.0 Å². The molecule has 1 saturated heterocycles. The minimum absolute atomic E-state index is 0.0606. The molecule has 130 valence electrons. The molecule has 1 fully saturated rings. The lowest BCUT2D eigenvalue weighted by molar-refractivity contribution is 0.402. The SMILES string of the molecule is CCCN[C@H]1CS(=O)(=O)C[C@H]1S(=O)(=O)c1cc(C)ccc1OC. The smallest absolute Gasteiger partial charge is 0.187 e. The van der Waals surface area contributed by atoms with Gasteiger partial charge in [-0.2, -0.15) is 0 Å². The third-order valence-electron chi connectivity index (χ3n) is 3.98. The van der Waals surface area contributed by atoms with Crippen molar-refractivity contribution >= 4 is 19.7 Å². The highest BCUT2D eigenvalue weighted by atomic mass is 32.2. The Morgan fingerprint density at radius 1 is 1.30 bits per heavy atom. The van der Waals surface area contributed by atoms with Gasteiger partial charge in [-0.15, -0.1) is 0 Å². The van der Waals surface area contributed by atoms with Crippen molar-refractivity contribution in [2.45, 2.75) is 36.5 Å². The van der Waals surface area contributed by atoms with E-state index in [2.05, 4.69) is 5.32 Å². The van der Waals surface area contributed by atoms with Crippen molar-refractivity contribution < 1.29 is 21.6 Å². The van der Waals surface area contributed by atoms with Gasteiger partial charge in [0.15, 0.2) is 19.7 Å². The molecule has 1 N–H and O–H groups in total. The highest BCUT2D eigenvalue weighted by Gasteiger charge is 2.46. The zero-order valence-electron chi connectivity index (χ0n) is 13.6. The van der Waals surface area contributed by atoms with Crippen LogP contribution in [-0.2, 0) is 19.7 Å². The average Bonchev–Trinajstić information content (AvgIpc) is 2.80. The van der Waals surface area contributed by atoms with Gasteiger partial charge in [0, 0.05) is 6.04 Å². The summed E-state index contributed by atoms with van der Waals surface area (Å²) in [6.07, 6.45) is 0.803. The Labute approximate surface area is 138 Å². The van der Waals surface area contributed by atoms with Gasteiger partial charge in [0.1, 0.15) is 10.6 Å². The van der Waals surface area contributed by atoms with Crippen LogP contribution in [0.15, 0.2) is 23.1 Å². The third-order valence-corrected chi connectivity index (χ3v) is 8.15. The Morgan fingerprint density at radius 2 is 2.00 bits per heavy atom. The van der Waals surface area contributed by atoms with E-state index in [1.807, 2.05) is 6.92 Å². The highest BCUT2D eigenvalue weighted by molar-refractivity contribution is 7.96. The van der Waals surface area contributed by atoms with Crippen LogP contribution >= 0.6 is 0 Å². The Morgan fingerprint density at radius 3 is 2.61 bits per heavy atom. The maximum absolute atomic E-state index is 13.0. The Hall–Kier alpha value is -1.12. The second-order valence-electron chi connectivity index (χ2n) is 5.88. The Kier molecular flexibility index (Phi) is 5.37. The lowest BCUT2D eigenvalue weighted by atomic mass is 10.2. The van der Waals surface area contributed by atoms with E-state index in [9.17, 15) is 16.8 Å². The molecule has 0 unspecified atom stereocenters. The monoisotopic (exact) mass is 361 g/mol. The Bertz CT molecular complexity index is 771. The van der Waals surface area contributed by atoms with Gasteiger partial charge in [0.05, 0.1) is 23.9 Å². The summed E-state index contributed by atoms with van der Waals surface area (Å²) in [6, 6.07) is 4.31. The van der Waals surface area contributed by atoms with Crippen LogP contribution in [0.3, 0.4) is 0 Å². The summed E-state index contributed by atoms with van der Waals surface area (Å²) in [5, 5.41) is 2.07. The van der Waals surface area contributed by atoms with Crippen molar-refractivity contribution in [3.05, 3.63) is 23.8 Å². The summed E-state index contributed by atoms with van der Waals surface area (Å²) in [5.41, 5.74) is 0.781. The number of rotatable bonds is 6. The second kappa shape index (κ2) is 6.78. The van der Waals surface area contributed by atoms with Crippen LogP contribution in [0.2, 0.25) is 0 Å². The van der Waals surface area contributed by atoms with Gasteiger partial charge >= 0.3 is 0 Å². The van der Waals surface area contributed by atoms with Crippen LogP contribution in [-0.4, -0.2) is 53.3 Å². The number of ether oxygens (including phenoxy) is 1. The normalized spacial score (nSPS) is 23.8. The molecule has 0 aromatic heterocycles. The molecule has 23 heavy (non-hydrogen) atoms. The molecule has 1 aromatic rings. The van der Waals surface area contributed by atoms with E-state index >= 15 is 0 Å². The molecule has 0 radical (unpaired) electrons. The summed E-state index contributed by atoms with van der Waals surface area (Å²) < 4.78 is 55.2. The van der Waals surface area contributed by atoms with Crippen LogP contribution in [0, 0.1) is 6.92 Å². The fourth-order valence-corrected chi connectivity index (χ4v) is 7.77. The quantitative estimate of drug-likeness (QED) is 0.811. The zero-order valence-corrected chi connectivity index (χ0v) is 15.2. The zero-order chi connectivity index (χ0) is 17.3. The molecule has 1 aliphatic rings. The topological polar surface area (TPSA) is 89.5 Å². The maximum Gasteiger partial charge on any atom is 0.187 e. The summed E-state index contributed by atoms with van der Waals surface area (Å²) in [4.78, 5) is 0.0606. The second-order valence-corrected chi connectivity index (χ2v) is 10.2. The number of benzene rings is 1. The first-order valence-corrected chi connectivity index (χ1v) is 10.9. The number of aryl methyl sites for hydroxylation is 1. The van der Waals surface area contributed by atoms with Crippen molar-refractivity contribution in [2.24, 2.45) is 0 Å². The van der Waals surface area contributed by atoms with Gasteiger partial charge in [0.25, 0.3) is 0 Å². The molecular formula is C15H23NO5S2. The first-order chi connectivity index (χ1) is 10.7. The van der Waals surface area contributed by atoms with Crippen molar-refractivity contribution in [3.63, 3.8) is 0 Å². The van der Waals surface area contributed by atoms with E-state index in [1.165, 1.54) is 13.2 Å². The lowest BCUT2D eigenvalue weighted by Gasteiger charge is -2.21. The summed E-state index contributed by atoms with van der Waals surface area (Å²) in [5.74, 6) is -0.257. The van der Waals surface area contributed by atoms with E-state index in [4.69, 9.17) is 4.74 Å². The van der Waals surface area contributed by atoms with Crippen molar-refractivity contribution in [3.8, 4) is 5.75 Å². The molecule has 0 amide bonds. The van der Waals surface area contributed by atoms with E-state index in [1.54, 1.807) is 19.1 Å². The van der Waals surface area contributed by atoms with Crippen LogP contribution in [0.1, 0.15) is 18.9 Å². The summed E-state index contributed by atoms with van der Waals surface area (Å²) in [7, 11) is -5.79. The molecule has 1 aromatic carbocycles. The fourth-order valence-electron chi connectivity index (χ4n) is 2.81. The first-order valence-electron chi connectivity index (χ1n) is 7.53. The molecule has 2 rings (SSSR count). The van der Waals surface area contributed by atoms with Crippen LogP contribution < -0.4 is 10.1 Å². The minimum Gasteiger partial charge on any atom is -0.495 e. The van der Waals surface area contributed by atoms with Gasteiger partial charge < -0.3 is 10.1 Å². The largest absolute Gasteiger partial charge is 0.495 e. The fraction of sp³-hybridized carbons (Fsp3) is 0.600. The molecule has 6 nitrogen and oxygen atoms in total. The number of methoxy groups -OCH3 is 1. The van der Waals surface area contributed by atoms with Crippen molar-refractivity contribution in [1.29, 1.82) is 0 Å².